The molecule has 90 valence electrons. The number of nitriles is 1. The van der Waals surface area contributed by atoms with E-state index in [4.69, 9.17) is 5.26 Å². The number of aromatic nitrogens is 3. The molecule has 0 saturated heterocycles. The van der Waals surface area contributed by atoms with Crippen molar-refractivity contribution < 1.29 is 0 Å². The Hall–Kier alpha value is -2.48. The summed E-state index contributed by atoms with van der Waals surface area (Å²) in [4.78, 5) is 12.3. The van der Waals surface area contributed by atoms with Crippen LogP contribution >= 0.6 is 0 Å². The van der Waals surface area contributed by atoms with Gasteiger partial charge in [-0.1, -0.05) is 0 Å². The Morgan fingerprint density at radius 3 is 2.28 bits per heavy atom. The standard InChI is InChI=1S/C13H13N5/c1-13(2,9-14)18-12-16-7-11(8-17-12)10-3-5-15-6-4-10/h3-8H,1-2H3,(H,16,17,18). The molecule has 0 aliphatic rings. The van der Waals surface area contributed by atoms with Crippen molar-refractivity contribution in [3.05, 3.63) is 36.9 Å². The minimum atomic E-state index is -0.682. The molecular formula is C13H13N5. The van der Waals surface area contributed by atoms with Crippen molar-refractivity contribution in [2.45, 2.75) is 19.4 Å². The van der Waals surface area contributed by atoms with Crippen molar-refractivity contribution in [1.82, 2.24) is 15.0 Å². The smallest absolute Gasteiger partial charge is 0.223 e. The molecule has 0 bridgehead atoms. The highest BCUT2D eigenvalue weighted by Gasteiger charge is 2.16. The number of nitrogens with one attached hydrogen (secondary N) is 1. The zero-order valence-electron chi connectivity index (χ0n) is 10.3. The van der Waals surface area contributed by atoms with E-state index in [-0.39, 0.29) is 0 Å². The minimum Gasteiger partial charge on any atom is -0.336 e. The first kappa shape index (κ1) is 12.0. The summed E-state index contributed by atoms with van der Waals surface area (Å²) in [6, 6.07) is 5.92. The van der Waals surface area contributed by atoms with Gasteiger partial charge in [0.05, 0.1) is 6.07 Å². The third kappa shape index (κ3) is 2.80. The van der Waals surface area contributed by atoms with Gasteiger partial charge in [-0.3, -0.25) is 4.98 Å². The Morgan fingerprint density at radius 1 is 1.11 bits per heavy atom. The lowest BCUT2D eigenvalue weighted by molar-refractivity contribution is 0.717. The highest BCUT2D eigenvalue weighted by Crippen LogP contribution is 2.17. The first-order valence-corrected chi connectivity index (χ1v) is 5.52. The maximum atomic E-state index is 8.91. The van der Waals surface area contributed by atoms with Gasteiger partial charge >= 0.3 is 0 Å². The van der Waals surface area contributed by atoms with Gasteiger partial charge in [-0.15, -0.1) is 0 Å². The van der Waals surface area contributed by atoms with Crippen molar-refractivity contribution in [2.75, 3.05) is 5.32 Å². The van der Waals surface area contributed by atoms with E-state index in [0.717, 1.165) is 11.1 Å². The predicted molar refractivity (Wildman–Crippen MR) is 68.6 cm³/mol. The molecule has 0 amide bonds. The van der Waals surface area contributed by atoms with Crippen LogP contribution in [0.25, 0.3) is 11.1 Å². The second-order valence-electron chi connectivity index (χ2n) is 4.39. The second kappa shape index (κ2) is 4.80. The maximum absolute atomic E-state index is 8.91. The second-order valence-corrected chi connectivity index (χ2v) is 4.39. The highest BCUT2D eigenvalue weighted by molar-refractivity contribution is 5.61. The van der Waals surface area contributed by atoms with Gasteiger partial charge in [-0.05, 0) is 31.5 Å². The van der Waals surface area contributed by atoms with Crippen LogP contribution in [0.5, 0.6) is 0 Å². The number of nitrogens with zero attached hydrogens (tertiary/aromatic N) is 4. The molecule has 0 radical (unpaired) electrons. The van der Waals surface area contributed by atoms with Gasteiger partial charge in [-0.25, -0.2) is 9.97 Å². The molecule has 0 fully saturated rings. The lowest BCUT2D eigenvalue weighted by Gasteiger charge is -2.17. The largest absolute Gasteiger partial charge is 0.336 e. The van der Waals surface area contributed by atoms with E-state index in [1.54, 1.807) is 38.6 Å². The SMILES string of the molecule is CC(C)(C#N)Nc1ncc(-c2ccncc2)cn1. The third-order valence-corrected chi connectivity index (χ3v) is 2.37. The van der Waals surface area contributed by atoms with Crippen LogP contribution in [0.2, 0.25) is 0 Å². The number of rotatable bonds is 3. The Kier molecular flexibility index (Phi) is 3.20. The van der Waals surface area contributed by atoms with Crippen LogP contribution in [0.1, 0.15) is 13.8 Å². The maximum Gasteiger partial charge on any atom is 0.223 e. The van der Waals surface area contributed by atoms with Crippen LogP contribution < -0.4 is 5.32 Å². The molecule has 5 heteroatoms. The molecule has 2 aromatic heterocycles. The predicted octanol–water partition coefficient (Wildman–Crippen LogP) is 2.25. The van der Waals surface area contributed by atoms with Gasteiger partial charge in [0, 0.05) is 30.4 Å². The molecule has 0 unspecified atom stereocenters. The monoisotopic (exact) mass is 239 g/mol. The molecule has 0 aromatic carbocycles. The van der Waals surface area contributed by atoms with Crippen molar-refractivity contribution in [3.8, 4) is 17.2 Å². The van der Waals surface area contributed by atoms with Crippen LogP contribution in [0.15, 0.2) is 36.9 Å². The van der Waals surface area contributed by atoms with Crippen LogP contribution in [0.3, 0.4) is 0 Å². The molecule has 2 rings (SSSR count). The van der Waals surface area contributed by atoms with E-state index in [0.29, 0.717) is 5.95 Å². The Labute approximate surface area is 106 Å². The molecule has 0 spiro atoms. The fourth-order valence-corrected chi connectivity index (χ4v) is 1.39. The summed E-state index contributed by atoms with van der Waals surface area (Å²) in [7, 11) is 0. The molecule has 0 saturated carbocycles. The zero-order valence-corrected chi connectivity index (χ0v) is 10.3. The Morgan fingerprint density at radius 2 is 1.72 bits per heavy atom. The average Bonchev–Trinajstić information content (AvgIpc) is 2.40. The summed E-state index contributed by atoms with van der Waals surface area (Å²) in [5.41, 5.74) is 1.24. The summed E-state index contributed by atoms with van der Waals surface area (Å²) in [6.07, 6.45) is 6.89. The first-order chi connectivity index (χ1) is 8.61. The molecule has 18 heavy (non-hydrogen) atoms. The summed E-state index contributed by atoms with van der Waals surface area (Å²) in [5, 5.41) is 11.9. The van der Waals surface area contributed by atoms with E-state index >= 15 is 0 Å². The van der Waals surface area contributed by atoms with E-state index in [1.807, 2.05) is 12.1 Å². The lowest BCUT2D eigenvalue weighted by Crippen LogP contribution is -2.29. The van der Waals surface area contributed by atoms with Crippen LogP contribution in [0, 0.1) is 11.3 Å². The molecule has 1 N–H and O–H groups in total. The molecule has 0 aliphatic carbocycles. The van der Waals surface area contributed by atoms with E-state index < -0.39 is 5.54 Å². The van der Waals surface area contributed by atoms with Gasteiger partial charge in [0.2, 0.25) is 5.95 Å². The summed E-state index contributed by atoms with van der Waals surface area (Å²) in [6.45, 7) is 3.54. The number of anilines is 1. The average molecular weight is 239 g/mol. The molecule has 0 atom stereocenters. The minimum absolute atomic E-state index is 0.444. The molecule has 2 heterocycles. The van der Waals surface area contributed by atoms with Crippen LogP contribution in [-0.2, 0) is 0 Å². The Balaban J connectivity index is 2.19. The van der Waals surface area contributed by atoms with Crippen LogP contribution in [0.4, 0.5) is 5.95 Å². The third-order valence-electron chi connectivity index (χ3n) is 2.37. The normalized spacial score (nSPS) is 10.7. The quantitative estimate of drug-likeness (QED) is 0.889. The van der Waals surface area contributed by atoms with E-state index in [2.05, 4.69) is 26.3 Å². The first-order valence-electron chi connectivity index (χ1n) is 5.52. The van der Waals surface area contributed by atoms with Crippen molar-refractivity contribution >= 4 is 5.95 Å². The summed E-state index contributed by atoms with van der Waals surface area (Å²) in [5.74, 6) is 0.444. The van der Waals surface area contributed by atoms with Crippen molar-refractivity contribution in [1.29, 1.82) is 5.26 Å². The van der Waals surface area contributed by atoms with E-state index in [9.17, 15) is 0 Å². The van der Waals surface area contributed by atoms with Crippen molar-refractivity contribution in [2.24, 2.45) is 0 Å². The van der Waals surface area contributed by atoms with Gasteiger partial charge < -0.3 is 5.32 Å². The zero-order chi connectivity index (χ0) is 13.0. The molecule has 0 aliphatic heterocycles. The lowest BCUT2D eigenvalue weighted by atomic mass is 10.1. The van der Waals surface area contributed by atoms with Gasteiger partial charge in [0.25, 0.3) is 0 Å². The summed E-state index contributed by atoms with van der Waals surface area (Å²) < 4.78 is 0. The number of pyridine rings is 1. The van der Waals surface area contributed by atoms with Gasteiger partial charge in [0.1, 0.15) is 5.54 Å². The Bertz CT molecular complexity index is 554. The molecular weight excluding hydrogens is 226 g/mol. The number of hydrogen-bond acceptors (Lipinski definition) is 5. The fourth-order valence-electron chi connectivity index (χ4n) is 1.39. The topological polar surface area (TPSA) is 74.5 Å². The number of hydrogen-bond donors (Lipinski definition) is 1. The van der Waals surface area contributed by atoms with Gasteiger partial charge in [-0.2, -0.15) is 5.26 Å². The summed E-state index contributed by atoms with van der Waals surface area (Å²) >= 11 is 0. The van der Waals surface area contributed by atoms with Crippen molar-refractivity contribution in [3.63, 3.8) is 0 Å². The molecule has 2 aromatic rings. The highest BCUT2D eigenvalue weighted by atomic mass is 15.1. The van der Waals surface area contributed by atoms with Crippen LogP contribution in [-0.4, -0.2) is 20.5 Å². The van der Waals surface area contributed by atoms with E-state index in [1.165, 1.54) is 0 Å². The van der Waals surface area contributed by atoms with Gasteiger partial charge in [0.15, 0.2) is 0 Å². The molecule has 5 nitrogen and oxygen atoms in total. The fraction of sp³-hybridized carbons (Fsp3) is 0.231.